The van der Waals surface area contributed by atoms with E-state index in [2.05, 4.69) is 5.16 Å². The fourth-order valence-corrected chi connectivity index (χ4v) is 3.67. The number of carbonyl (C=O) groups excluding carboxylic acids is 2. The molecule has 2 aromatic rings. The van der Waals surface area contributed by atoms with Crippen molar-refractivity contribution in [2.75, 3.05) is 20.2 Å². The maximum atomic E-state index is 12.7. The number of ether oxygens (including phenoxy) is 4. The monoisotopic (exact) mass is 446 g/mol. The molecule has 1 saturated heterocycles. The van der Waals surface area contributed by atoms with Gasteiger partial charge in [0, 0.05) is 13.1 Å². The molecule has 1 amide bonds. The number of benzene rings is 1. The van der Waals surface area contributed by atoms with Crippen LogP contribution in [0, 0.1) is 13.8 Å². The molecule has 3 atom stereocenters. The molecule has 0 radical (unpaired) electrons. The summed E-state index contributed by atoms with van der Waals surface area (Å²) in [5.74, 6) is 0.664. The minimum absolute atomic E-state index is 0.0622. The number of rotatable bonds is 7. The second-order valence-electron chi connectivity index (χ2n) is 8.01. The van der Waals surface area contributed by atoms with Crippen LogP contribution in [-0.4, -0.2) is 60.4 Å². The molecular formula is C23H30N2O7. The van der Waals surface area contributed by atoms with Crippen LogP contribution in [0.2, 0.25) is 0 Å². The normalized spacial score (nSPS) is 19.4. The number of nitrogens with zero attached hydrogens (tertiary/aromatic N) is 2. The lowest BCUT2D eigenvalue weighted by molar-refractivity contribution is -0.151. The second-order valence-corrected chi connectivity index (χ2v) is 8.01. The average Bonchev–Trinajstić information content (AvgIpc) is 3.08. The minimum Gasteiger partial charge on any atom is -0.493 e. The van der Waals surface area contributed by atoms with Crippen LogP contribution in [0.15, 0.2) is 22.7 Å². The van der Waals surface area contributed by atoms with E-state index in [1.165, 1.54) is 13.2 Å². The minimum atomic E-state index is -0.915. The number of aryl methyl sites for hydroxylation is 2. The van der Waals surface area contributed by atoms with Gasteiger partial charge in [-0.3, -0.25) is 4.79 Å². The van der Waals surface area contributed by atoms with Gasteiger partial charge in [-0.1, -0.05) is 5.16 Å². The van der Waals surface area contributed by atoms with Crippen molar-refractivity contribution >= 4 is 11.9 Å². The molecule has 1 aliphatic heterocycles. The zero-order valence-electron chi connectivity index (χ0n) is 19.3. The van der Waals surface area contributed by atoms with E-state index in [4.69, 9.17) is 23.5 Å². The van der Waals surface area contributed by atoms with E-state index in [1.807, 2.05) is 27.7 Å². The molecule has 9 heteroatoms. The van der Waals surface area contributed by atoms with E-state index >= 15 is 0 Å². The molecule has 1 aliphatic rings. The Kier molecular flexibility index (Phi) is 7.40. The first kappa shape index (κ1) is 23.6. The molecule has 3 rings (SSSR count). The van der Waals surface area contributed by atoms with E-state index in [0.29, 0.717) is 30.3 Å². The summed E-state index contributed by atoms with van der Waals surface area (Å²) < 4.78 is 27.4. The quantitative estimate of drug-likeness (QED) is 0.598. The molecule has 2 heterocycles. The largest absolute Gasteiger partial charge is 0.493 e. The first-order valence-electron chi connectivity index (χ1n) is 10.6. The molecular weight excluding hydrogens is 416 g/mol. The number of esters is 1. The van der Waals surface area contributed by atoms with Crippen molar-refractivity contribution in [1.82, 2.24) is 10.1 Å². The zero-order valence-corrected chi connectivity index (χ0v) is 19.3. The highest BCUT2D eigenvalue weighted by Gasteiger charge is 2.30. The molecule has 0 spiro atoms. The average molecular weight is 447 g/mol. The third kappa shape index (κ3) is 5.40. The van der Waals surface area contributed by atoms with Crippen molar-refractivity contribution in [1.29, 1.82) is 0 Å². The molecule has 9 nitrogen and oxygen atoms in total. The molecule has 0 N–H and O–H groups in total. The molecule has 0 aliphatic carbocycles. The van der Waals surface area contributed by atoms with E-state index < -0.39 is 12.1 Å². The third-order valence-corrected chi connectivity index (χ3v) is 5.32. The van der Waals surface area contributed by atoms with Gasteiger partial charge in [0.25, 0.3) is 5.91 Å². The summed E-state index contributed by atoms with van der Waals surface area (Å²) in [6, 6.07) is 4.73. The van der Waals surface area contributed by atoms with E-state index in [1.54, 1.807) is 24.0 Å². The zero-order chi connectivity index (χ0) is 23.4. The lowest BCUT2D eigenvalue weighted by Crippen LogP contribution is -2.51. The van der Waals surface area contributed by atoms with Gasteiger partial charge in [0.1, 0.15) is 12.4 Å². The molecule has 3 unspecified atom stereocenters. The van der Waals surface area contributed by atoms with Gasteiger partial charge in [0.05, 0.1) is 36.1 Å². The van der Waals surface area contributed by atoms with Crippen LogP contribution >= 0.6 is 0 Å². The lowest BCUT2D eigenvalue weighted by Gasteiger charge is -2.36. The number of morpholine rings is 1. The van der Waals surface area contributed by atoms with E-state index in [-0.39, 0.29) is 30.3 Å². The molecule has 1 aromatic heterocycles. The Morgan fingerprint density at radius 2 is 1.88 bits per heavy atom. The van der Waals surface area contributed by atoms with Crippen molar-refractivity contribution in [2.24, 2.45) is 0 Å². The SMILES string of the molecule is COc1cc(C(=O)OC(C)C(=O)N2CC(C)OC(C)C2)ccc1OCc1c(C)noc1C. The summed E-state index contributed by atoms with van der Waals surface area (Å²) in [4.78, 5) is 27.0. The van der Waals surface area contributed by atoms with Crippen LogP contribution in [0.1, 0.15) is 48.1 Å². The van der Waals surface area contributed by atoms with E-state index in [9.17, 15) is 9.59 Å². The molecule has 1 aromatic carbocycles. The van der Waals surface area contributed by atoms with Crippen molar-refractivity contribution in [3.8, 4) is 11.5 Å². The number of amides is 1. The number of hydrogen-bond acceptors (Lipinski definition) is 8. The van der Waals surface area contributed by atoms with E-state index in [0.717, 1.165) is 11.3 Å². The predicted molar refractivity (Wildman–Crippen MR) is 115 cm³/mol. The highest BCUT2D eigenvalue weighted by atomic mass is 16.5. The number of aromatic nitrogens is 1. The molecule has 32 heavy (non-hydrogen) atoms. The molecule has 1 fully saturated rings. The topological polar surface area (TPSA) is 100 Å². The Morgan fingerprint density at radius 3 is 2.47 bits per heavy atom. The van der Waals surface area contributed by atoms with Crippen molar-refractivity contribution in [3.05, 3.63) is 40.8 Å². The van der Waals surface area contributed by atoms with Crippen molar-refractivity contribution < 1.29 is 33.1 Å². The highest BCUT2D eigenvalue weighted by Crippen LogP contribution is 2.30. The molecule has 0 bridgehead atoms. The van der Waals surface area contributed by atoms with Gasteiger partial charge in [-0.2, -0.15) is 0 Å². The van der Waals surface area contributed by atoms with Gasteiger partial charge in [-0.25, -0.2) is 4.79 Å². The van der Waals surface area contributed by atoms with Gasteiger partial charge in [-0.05, 0) is 52.8 Å². The lowest BCUT2D eigenvalue weighted by atomic mass is 10.2. The Hall–Kier alpha value is -3.07. The van der Waals surface area contributed by atoms with Gasteiger partial charge >= 0.3 is 5.97 Å². The van der Waals surface area contributed by atoms with Gasteiger partial charge in [-0.15, -0.1) is 0 Å². The first-order chi connectivity index (χ1) is 15.2. The predicted octanol–water partition coefficient (Wildman–Crippen LogP) is 3.06. The van der Waals surface area contributed by atoms with Gasteiger partial charge in [0.2, 0.25) is 0 Å². The summed E-state index contributed by atoms with van der Waals surface area (Å²) >= 11 is 0. The highest BCUT2D eigenvalue weighted by molar-refractivity contribution is 5.93. The third-order valence-electron chi connectivity index (χ3n) is 5.32. The smallest absolute Gasteiger partial charge is 0.339 e. The van der Waals surface area contributed by atoms with Crippen molar-refractivity contribution in [2.45, 2.75) is 59.5 Å². The van der Waals surface area contributed by atoms with Crippen LogP contribution in [0.25, 0.3) is 0 Å². The standard InChI is InChI=1S/C23H30N2O7/c1-13-10-25(11-14(2)30-13)22(26)17(5)31-23(27)18-7-8-20(21(9-18)28-6)29-12-19-15(3)24-32-16(19)4/h7-9,13-14,17H,10-12H2,1-6H3. The van der Waals surface area contributed by atoms with Crippen LogP contribution < -0.4 is 9.47 Å². The Morgan fingerprint density at radius 1 is 1.19 bits per heavy atom. The van der Waals surface area contributed by atoms with Gasteiger partial charge in [0.15, 0.2) is 17.6 Å². The van der Waals surface area contributed by atoms with Gasteiger partial charge < -0.3 is 28.4 Å². The maximum absolute atomic E-state index is 12.7. The van der Waals surface area contributed by atoms with Crippen molar-refractivity contribution in [3.63, 3.8) is 0 Å². The van der Waals surface area contributed by atoms with Crippen LogP contribution in [0.5, 0.6) is 11.5 Å². The second kappa shape index (κ2) is 10.0. The van der Waals surface area contributed by atoms with Crippen LogP contribution in [-0.2, 0) is 20.9 Å². The summed E-state index contributed by atoms with van der Waals surface area (Å²) in [6.07, 6.45) is -1.04. The first-order valence-corrected chi connectivity index (χ1v) is 10.6. The van der Waals surface area contributed by atoms with Crippen LogP contribution in [0.4, 0.5) is 0 Å². The number of hydrogen-bond donors (Lipinski definition) is 0. The fourth-order valence-electron chi connectivity index (χ4n) is 3.67. The Balaban J connectivity index is 1.64. The van der Waals surface area contributed by atoms with Crippen LogP contribution in [0.3, 0.4) is 0 Å². The molecule has 0 saturated carbocycles. The molecule has 174 valence electrons. The summed E-state index contributed by atoms with van der Waals surface area (Å²) in [5, 5.41) is 3.91. The summed E-state index contributed by atoms with van der Waals surface area (Å²) in [6.45, 7) is 10.2. The maximum Gasteiger partial charge on any atom is 0.339 e. The Labute approximate surface area is 187 Å². The number of methoxy groups -OCH3 is 1. The summed E-state index contributed by atoms with van der Waals surface area (Å²) in [5.41, 5.74) is 1.87. The summed E-state index contributed by atoms with van der Waals surface area (Å²) in [7, 11) is 1.49. The Bertz CT molecular complexity index is 942. The number of carbonyl (C=O) groups is 2. The fraction of sp³-hybridized carbons (Fsp3) is 0.522.